The zero-order valence-corrected chi connectivity index (χ0v) is 12.6. The molecule has 1 N–H and O–H groups in total. The number of aryl methyl sites for hydroxylation is 1. The van der Waals surface area contributed by atoms with Crippen molar-refractivity contribution in [2.75, 3.05) is 7.11 Å². The number of carboxylic acids is 1. The SMILES string of the molecule is COC(=O)CC1(CCCC(=O)O)CCc2ccccc2C1=O. The van der Waals surface area contributed by atoms with Crippen molar-refractivity contribution in [1.82, 2.24) is 0 Å². The molecule has 1 aliphatic carbocycles. The van der Waals surface area contributed by atoms with Crippen LogP contribution >= 0.6 is 0 Å². The molecule has 118 valence electrons. The lowest BCUT2D eigenvalue weighted by Crippen LogP contribution is -2.38. The van der Waals surface area contributed by atoms with Gasteiger partial charge in [-0.2, -0.15) is 0 Å². The number of carbonyl (C=O) groups excluding carboxylic acids is 2. The van der Waals surface area contributed by atoms with E-state index in [4.69, 9.17) is 9.84 Å². The lowest BCUT2D eigenvalue weighted by molar-refractivity contribution is -0.143. The van der Waals surface area contributed by atoms with Gasteiger partial charge >= 0.3 is 11.9 Å². The third kappa shape index (κ3) is 3.35. The number of ketones is 1. The number of methoxy groups -OCH3 is 1. The first-order valence-corrected chi connectivity index (χ1v) is 7.40. The Bertz CT molecular complexity index is 592. The van der Waals surface area contributed by atoms with Crippen molar-refractivity contribution in [1.29, 1.82) is 0 Å². The van der Waals surface area contributed by atoms with E-state index in [-0.39, 0.29) is 18.6 Å². The Morgan fingerprint density at radius 2 is 2.05 bits per heavy atom. The minimum Gasteiger partial charge on any atom is -0.481 e. The molecular formula is C17H20O5. The lowest BCUT2D eigenvalue weighted by atomic mass is 9.66. The zero-order valence-electron chi connectivity index (χ0n) is 12.6. The van der Waals surface area contributed by atoms with E-state index in [0.29, 0.717) is 31.2 Å². The summed E-state index contributed by atoms with van der Waals surface area (Å²) in [5, 5.41) is 8.80. The number of hydrogen-bond donors (Lipinski definition) is 1. The molecule has 2 rings (SSSR count). The molecule has 0 bridgehead atoms. The average molecular weight is 304 g/mol. The van der Waals surface area contributed by atoms with E-state index in [0.717, 1.165) is 5.56 Å². The molecule has 1 atom stereocenters. The Labute approximate surface area is 129 Å². The average Bonchev–Trinajstić information content (AvgIpc) is 2.50. The van der Waals surface area contributed by atoms with Crippen molar-refractivity contribution in [2.24, 2.45) is 5.41 Å². The summed E-state index contributed by atoms with van der Waals surface area (Å²) in [5.74, 6) is -1.38. The van der Waals surface area contributed by atoms with Crippen molar-refractivity contribution >= 4 is 17.7 Å². The quantitative estimate of drug-likeness (QED) is 0.817. The standard InChI is InChI=1S/C17H20O5/c1-22-15(20)11-17(9-4-7-14(18)19)10-8-12-5-2-3-6-13(12)16(17)21/h2-3,5-6H,4,7-11H2,1H3,(H,18,19). The number of carboxylic acid groups (broad SMARTS) is 1. The second kappa shape index (κ2) is 6.73. The van der Waals surface area contributed by atoms with E-state index < -0.39 is 17.4 Å². The van der Waals surface area contributed by atoms with Crippen LogP contribution in [0.3, 0.4) is 0 Å². The first kappa shape index (κ1) is 16.2. The molecule has 0 fully saturated rings. The third-order valence-electron chi connectivity index (χ3n) is 4.37. The maximum absolute atomic E-state index is 12.9. The molecule has 1 aliphatic rings. The summed E-state index contributed by atoms with van der Waals surface area (Å²) in [5.41, 5.74) is 0.802. The van der Waals surface area contributed by atoms with Gasteiger partial charge in [-0.3, -0.25) is 14.4 Å². The molecule has 1 unspecified atom stereocenters. The Morgan fingerprint density at radius 1 is 1.32 bits per heavy atom. The Kier molecular flexibility index (Phi) is 4.96. The van der Waals surface area contributed by atoms with Crippen molar-refractivity contribution < 1.29 is 24.2 Å². The highest BCUT2D eigenvalue weighted by Crippen LogP contribution is 2.42. The van der Waals surface area contributed by atoms with Crippen molar-refractivity contribution in [3.05, 3.63) is 35.4 Å². The van der Waals surface area contributed by atoms with E-state index in [9.17, 15) is 14.4 Å². The molecule has 1 aromatic carbocycles. The van der Waals surface area contributed by atoms with Gasteiger partial charge in [0.25, 0.3) is 0 Å². The number of rotatable bonds is 6. The molecule has 0 spiro atoms. The van der Waals surface area contributed by atoms with Crippen LogP contribution in [0.15, 0.2) is 24.3 Å². The van der Waals surface area contributed by atoms with Crippen LogP contribution in [0.1, 0.15) is 48.0 Å². The smallest absolute Gasteiger partial charge is 0.306 e. The van der Waals surface area contributed by atoms with E-state index in [1.165, 1.54) is 7.11 Å². The van der Waals surface area contributed by atoms with Gasteiger partial charge in [0, 0.05) is 17.4 Å². The van der Waals surface area contributed by atoms with Crippen LogP contribution < -0.4 is 0 Å². The first-order chi connectivity index (χ1) is 10.5. The molecule has 0 amide bonds. The number of ether oxygens (including phenoxy) is 1. The second-order valence-corrected chi connectivity index (χ2v) is 5.77. The number of benzene rings is 1. The fourth-order valence-corrected chi connectivity index (χ4v) is 3.16. The Balaban J connectivity index is 2.27. The maximum atomic E-state index is 12.9. The number of carbonyl (C=O) groups is 3. The maximum Gasteiger partial charge on any atom is 0.306 e. The first-order valence-electron chi connectivity index (χ1n) is 7.40. The monoisotopic (exact) mass is 304 g/mol. The Hall–Kier alpha value is -2.17. The molecule has 0 saturated heterocycles. The van der Waals surface area contributed by atoms with Crippen LogP contribution in [0.2, 0.25) is 0 Å². The van der Waals surface area contributed by atoms with E-state index in [1.54, 1.807) is 6.07 Å². The number of esters is 1. The van der Waals surface area contributed by atoms with Gasteiger partial charge in [0.05, 0.1) is 13.5 Å². The topological polar surface area (TPSA) is 80.7 Å². The summed E-state index contributed by atoms with van der Waals surface area (Å²) in [4.78, 5) is 35.4. The van der Waals surface area contributed by atoms with Gasteiger partial charge in [-0.1, -0.05) is 24.3 Å². The zero-order chi connectivity index (χ0) is 16.2. The molecule has 0 heterocycles. The molecular weight excluding hydrogens is 284 g/mol. The molecule has 5 nitrogen and oxygen atoms in total. The van der Waals surface area contributed by atoms with Crippen molar-refractivity contribution in [3.63, 3.8) is 0 Å². The van der Waals surface area contributed by atoms with Gasteiger partial charge in [0.2, 0.25) is 0 Å². The highest BCUT2D eigenvalue weighted by molar-refractivity contribution is 6.04. The van der Waals surface area contributed by atoms with Gasteiger partial charge in [-0.05, 0) is 31.2 Å². The summed E-state index contributed by atoms with van der Waals surface area (Å²) in [6.07, 6.45) is 2.04. The number of aliphatic carboxylic acids is 1. The normalized spacial score (nSPS) is 20.3. The summed E-state index contributed by atoms with van der Waals surface area (Å²) in [7, 11) is 1.30. The summed E-state index contributed by atoms with van der Waals surface area (Å²) < 4.78 is 4.73. The fourth-order valence-electron chi connectivity index (χ4n) is 3.16. The van der Waals surface area contributed by atoms with Crippen LogP contribution in [0.4, 0.5) is 0 Å². The van der Waals surface area contributed by atoms with Gasteiger partial charge in [0.15, 0.2) is 5.78 Å². The number of Topliss-reactive ketones (excluding diaryl/α,β-unsaturated/α-hetero) is 1. The molecule has 5 heteroatoms. The van der Waals surface area contributed by atoms with Gasteiger partial charge < -0.3 is 9.84 Å². The van der Waals surface area contributed by atoms with Crippen LogP contribution in [0, 0.1) is 5.41 Å². The highest BCUT2D eigenvalue weighted by Gasteiger charge is 2.43. The third-order valence-corrected chi connectivity index (χ3v) is 4.37. The summed E-state index contributed by atoms with van der Waals surface area (Å²) in [6.45, 7) is 0. The Morgan fingerprint density at radius 3 is 2.73 bits per heavy atom. The summed E-state index contributed by atoms with van der Waals surface area (Å²) >= 11 is 0. The minimum absolute atomic E-state index is 0.00213. The molecule has 1 aromatic rings. The van der Waals surface area contributed by atoms with E-state index in [1.807, 2.05) is 18.2 Å². The predicted molar refractivity (Wildman–Crippen MR) is 79.6 cm³/mol. The number of hydrogen-bond acceptors (Lipinski definition) is 4. The number of fused-ring (bicyclic) bond motifs is 1. The van der Waals surface area contributed by atoms with Crippen LogP contribution in [-0.2, 0) is 20.7 Å². The molecule has 0 saturated carbocycles. The van der Waals surface area contributed by atoms with E-state index >= 15 is 0 Å². The van der Waals surface area contributed by atoms with Crippen LogP contribution in [0.5, 0.6) is 0 Å². The summed E-state index contributed by atoms with van der Waals surface area (Å²) in [6, 6.07) is 7.40. The molecule has 0 radical (unpaired) electrons. The van der Waals surface area contributed by atoms with Gasteiger partial charge in [-0.15, -0.1) is 0 Å². The van der Waals surface area contributed by atoms with Crippen LogP contribution in [-0.4, -0.2) is 29.9 Å². The minimum atomic E-state index is -0.892. The predicted octanol–water partition coefficient (Wildman–Crippen LogP) is 2.62. The lowest BCUT2D eigenvalue weighted by Gasteiger charge is -2.36. The molecule has 22 heavy (non-hydrogen) atoms. The van der Waals surface area contributed by atoms with Crippen molar-refractivity contribution in [2.45, 2.75) is 38.5 Å². The molecule has 0 aliphatic heterocycles. The van der Waals surface area contributed by atoms with E-state index in [2.05, 4.69) is 0 Å². The molecule has 0 aromatic heterocycles. The van der Waals surface area contributed by atoms with Gasteiger partial charge in [0.1, 0.15) is 0 Å². The fraction of sp³-hybridized carbons (Fsp3) is 0.471. The largest absolute Gasteiger partial charge is 0.481 e. The van der Waals surface area contributed by atoms with Crippen molar-refractivity contribution in [3.8, 4) is 0 Å². The highest BCUT2D eigenvalue weighted by atomic mass is 16.5. The second-order valence-electron chi connectivity index (χ2n) is 5.77. The van der Waals surface area contributed by atoms with Crippen LogP contribution in [0.25, 0.3) is 0 Å². The van der Waals surface area contributed by atoms with Gasteiger partial charge in [-0.25, -0.2) is 0 Å².